The van der Waals surface area contributed by atoms with E-state index in [-0.39, 0.29) is 12.2 Å². The van der Waals surface area contributed by atoms with Crippen molar-refractivity contribution in [1.29, 1.82) is 0 Å². The number of benzene rings is 1. The number of nitrogens with one attached hydrogen (secondary N) is 1. The van der Waals surface area contributed by atoms with Crippen molar-refractivity contribution in [2.45, 2.75) is 12.2 Å². The van der Waals surface area contributed by atoms with Gasteiger partial charge in [-0.15, -0.1) is 0 Å². The number of amides is 4. The number of hydrogen-bond acceptors (Lipinski definition) is 8. The van der Waals surface area contributed by atoms with Crippen LogP contribution in [0.2, 0.25) is 0 Å². The lowest BCUT2D eigenvalue weighted by atomic mass is 10.1. The van der Waals surface area contributed by atoms with Crippen LogP contribution in [0.5, 0.6) is 0 Å². The number of nitro groups is 1. The topological polar surface area (TPSA) is 141 Å². The van der Waals surface area contributed by atoms with Gasteiger partial charge in [-0.1, -0.05) is 0 Å². The average molecular weight is 387 g/mol. The minimum atomic E-state index is -0.767. The van der Waals surface area contributed by atoms with Gasteiger partial charge in [0, 0.05) is 26.2 Å². The first-order valence-electron chi connectivity index (χ1n) is 8.19. The lowest BCUT2D eigenvalue weighted by molar-refractivity contribution is -0.384. The first-order valence-corrected chi connectivity index (χ1v) is 8.19. The molecule has 0 aliphatic carbocycles. The van der Waals surface area contributed by atoms with Crippen molar-refractivity contribution in [1.82, 2.24) is 20.1 Å². The van der Waals surface area contributed by atoms with Gasteiger partial charge in [0.15, 0.2) is 12.2 Å². The van der Waals surface area contributed by atoms with Crippen LogP contribution in [-0.2, 0) is 9.59 Å². The van der Waals surface area contributed by atoms with E-state index in [0.29, 0.717) is 5.56 Å². The minimum absolute atomic E-state index is 0.0466. The van der Waals surface area contributed by atoms with E-state index in [1.54, 1.807) is 7.05 Å². The van der Waals surface area contributed by atoms with Crippen LogP contribution in [0.4, 0.5) is 10.5 Å². The van der Waals surface area contributed by atoms with Gasteiger partial charge in [-0.05, 0) is 17.7 Å². The molecule has 0 saturated carbocycles. The average Bonchev–Trinajstić information content (AvgIpc) is 3.08. The molecule has 2 unspecified atom stereocenters. The van der Waals surface area contributed by atoms with E-state index in [2.05, 4.69) is 15.5 Å². The number of hydrazone groups is 1. The molecule has 1 saturated heterocycles. The quantitative estimate of drug-likeness (QED) is 0.414. The van der Waals surface area contributed by atoms with Crippen molar-refractivity contribution in [3.63, 3.8) is 0 Å². The number of urea groups is 1. The Kier molecular flexibility index (Phi) is 5.02. The lowest BCUT2D eigenvalue weighted by Gasteiger charge is -2.39. The maximum absolute atomic E-state index is 12.4. The molecule has 28 heavy (non-hydrogen) atoms. The number of carbonyl (C=O) groups is 3. The Hall–Kier alpha value is -3.83. The van der Waals surface area contributed by atoms with Gasteiger partial charge in [0.1, 0.15) is 6.54 Å². The predicted molar refractivity (Wildman–Crippen MR) is 97.5 cm³/mol. The molecule has 4 amide bonds. The zero-order chi connectivity index (χ0) is 20.4. The Labute approximate surface area is 159 Å². The van der Waals surface area contributed by atoms with Gasteiger partial charge in [-0.2, -0.15) is 5.10 Å². The number of non-ortho nitro benzene ring substituents is 1. The van der Waals surface area contributed by atoms with Crippen molar-refractivity contribution in [3.8, 4) is 0 Å². The van der Waals surface area contributed by atoms with E-state index in [1.165, 1.54) is 53.7 Å². The monoisotopic (exact) mass is 387 g/mol. The third kappa shape index (κ3) is 3.51. The van der Waals surface area contributed by atoms with E-state index in [4.69, 9.17) is 0 Å². The Morgan fingerprint density at radius 2 is 2.00 bits per heavy atom. The molecule has 146 valence electrons. The summed E-state index contributed by atoms with van der Waals surface area (Å²) in [5.41, 5.74) is 2.85. The second-order valence-electron chi connectivity index (χ2n) is 6.23. The molecular formula is C16H17N7O5. The summed E-state index contributed by atoms with van der Waals surface area (Å²) in [5.74, 6) is -0.923. The fourth-order valence-electron chi connectivity index (χ4n) is 2.90. The normalized spacial score (nSPS) is 21.4. The summed E-state index contributed by atoms with van der Waals surface area (Å²) in [6.45, 7) is -0.177. The summed E-state index contributed by atoms with van der Waals surface area (Å²) < 4.78 is 0. The van der Waals surface area contributed by atoms with Crippen LogP contribution < -0.4 is 5.43 Å². The van der Waals surface area contributed by atoms with Crippen LogP contribution in [0, 0.1) is 10.1 Å². The van der Waals surface area contributed by atoms with E-state index < -0.39 is 35.0 Å². The van der Waals surface area contributed by atoms with E-state index >= 15 is 0 Å². The molecule has 2 aliphatic rings. The number of imide groups is 1. The van der Waals surface area contributed by atoms with Crippen molar-refractivity contribution in [2.75, 3.05) is 20.6 Å². The molecule has 0 aromatic heterocycles. The largest absolute Gasteiger partial charge is 0.338 e. The first-order chi connectivity index (χ1) is 13.3. The van der Waals surface area contributed by atoms with Crippen LogP contribution in [-0.4, -0.2) is 82.9 Å². The number of fused-ring (bicyclic) bond motifs is 1. The summed E-state index contributed by atoms with van der Waals surface area (Å²) in [6.07, 6.45) is 2.04. The molecule has 12 nitrogen and oxygen atoms in total. The molecule has 12 heteroatoms. The van der Waals surface area contributed by atoms with Crippen LogP contribution in [0.25, 0.3) is 0 Å². The van der Waals surface area contributed by atoms with Crippen LogP contribution in [0.3, 0.4) is 0 Å². The van der Waals surface area contributed by atoms with Crippen molar-refractivity contribution in [3.05, 3.63) is 39.9 Å². The number of nitrogens with zero attached hydrogens (tertiary/aromatic N) is 6. The fourth-order valence-corrected chi connectivity index (χ4v) is 2.90. The molecular weight excluding hydrogens is 370 g/mol. The number of aliphatic imine (C=N–C) groups is 1. The molecule has 0 radical (unpaired) electrons. The third-order valence-corrected chi connectivity index (χ3v) is 4.41. The minimum Gasteiger partial charge on any atom is -0.338 e. The molecule has 1 N–H and O–H groups in total. The van der Waals surface area contributed by atoms with E-state index in [1.807, 2.05) is 0 Å². The first kappa shape index (κ1) is 18.9. The number of carbonyl (C=O) groups excluding carboxylic acids is 3. The number of likely N-dealkylation sites (N-methyl/N-ethyl adjacent to an activating group) is 2. The molecule has 2 atom stereocenters. The second-order valence-corrected chi connectivity index (χ2v) is 6.23. The number of nitro benzene ring substituents is 1. The maximum atomic E-state index is 12.4. The summed E-state index contributed by atoms with van der Waals surface area (Å²) >= 11 is 0. The van der Waals surface area contributed by atoms with Gasteiger partial charge in [0.25, 0.3) is 17.5 Å². The summed E-state index contributed by atoms with van der Waals surface area (Å²) in [6, 6.07) is 4.42. The van der Waals surface area contributed by atoms with Crippen LogP contribution in [0.1, 0.15) is 5.56 Å². The summed E-state index contributed by atoms with van der Waals surface area (Å²) in [7, 11) is 2.92. The molecule has 1 aromatic rings. The highest BCUT2D eigenvalue weighted by Crippen LogP contribution is 2.24. The predicted octanol–water partition coefficient (Wildman–Crippen LogP) is -0.393. The highest BCUT2D eigenvalue weighted by molar-refractivity contribution is 6.02. The van der Waals surface area contributed by atoms with Gasteiger partial charge < -0.3 is 9.80 Å². The highest BCUT2D eigenvalue weighted by atomic mass is 16.6. The molecule has 1 aromatic carbocycles. The molecule has 1 fully saturated rings. The van der Waals surface area contributed by atoms with Crippen molar-refractivity contribution in [2.24, 2.45) is 10.1 Å². The zero-order valence-corrected chi connectivity index (χ0v) is 15.1. The molecule has 0 bridgehead atoms. The Balaban J connectivity index is 1.58. The van der Waals surface area contributed by atoms with E-state index in [9.17, 15) is 24.5 Å². The highest BCUT2D eigenvalue weighted by Gasteiger charge is 2.48. The van der Waals surface area contributed by atoms with Gasteiger partial charge in [-0.3, -0.25) is 24.6 Å². The zero-order valence-electron chi connectivity index (χ0n) is 15.1. The smallest absolute Gasteiger partial charge is 0.328 e. The maximum Gasteiger partial charge on any atom is 0.328 e. The SMILES string of the molecule is CN1C(=O)C2C(N=CN2CC(=O)N/N=C/c2ccc([N+](=O)[O-])cc2)N(C)C1=O. The van der Waals surface area contributed by atoms with E-state index in [0.717, 1.165) is 4.90 Å². The molecule has 0 spiro atoms. The molecule has 2 aliphatic heterocycles. The van der Waals surface area contributed by atoms with Crippen molar-refractivity contribution < 1.29 is 19.3 Å². The standard InChI is InChI=1S/C16H17N7O5/c1-20-14-13(15(25)21(2)16(20)26)22(9-17-14)8-12(24)19-18-7-10-3-5-11(6-4-10)23(27)28/h3-7,9,13-14H,8H2,1-2H3,(H,19,24)/b18-7+. The van der Waals surface area contributed by atoms with Crippen LogP contribution in [0.15, 0.2) is 34.4 Å². The Morgan fingerprint density at radius 3 is 2.64 bits per heavy atom. The van der Waals surface area contributed by atoms with Gasteiger partial charge in [-0.25, -0.2) is 15.2 Å². The van der Waals surface area contributed by atoms with Crippen molar-refractivity contribution >= 4 is 36.1 Å². The Bertz CT molecular complexity index is 882. The molecule has 2 heterocycles. The summed E-state index contributed by atoms with van der Waals surface area (Å²) in [5, 5.41) is 14.4. The number of hydrogen-bond donors (Lipinski definition) is 1. The summed E-state index contributed by atoms with van der Waals surface area (Å²) in [4.78, 5) is 54.5. The van der Waals surface area contributed by atoms with Crippen LogP contribution >= 0.6 is 0 Å². The van der Waals surface area contributed by atoms with Gasteiger partial charge >= 0.3 is 6.03 Å². The third-order valence-electron chi connectivity index (χ3n) is 4.41. The van der Waals surface area contributed by atoms with Gasteiger partial charge in [0.05, 0.1) is 17.5 Å². The molecule has 3 rings (SSSR count). The Morgan fingerprint density at radius 1 is 1.32 bits per heavy atom. The van der Waals surface area contributed by atoms with Gasteiger partial charge in [0.2, 0.25) is 0 Å². The lowest BCUT2D eigenvalue weighted by Crippen LogP contribution is -2.64. The number of rotatable bonds is 5. The fraction of sp³-hybridized carbons (Fsp3) is 0.312. The second kappa shape index (κ2) is 7.42.